The summed E-state index contributed by atoms with van der Waals surface area (Å²) < 4.78 is 20.9. The molecule has 2 aromatic heterocycles. The van der Waals surface area contributed by atoms with Gasteiger partial charge < -0.3 is 14.4 Å². The maximum absolute atomic E-state index is 11.7. The predicted octanol–water partition coefficient (Wildman–Crippen LogP) is 1.59. The molecular weight excluding hydrogens is 462 g/mol. The van der Waals surface area contributed by atoms with Crippen LogP contribution >= 0.6 is 35.3 Å². The summed E-state index contributed by atoms with van der Waals surface area (Å²) in [6.07, 6.45) is 5.08. The highest BCUT2D eigenvalue weighted by molar-refractivity contribution is 8.00. The van der Waals surface area contributed by atoms with Crippen molar-refractivity contribution in [3.63, 3.8) is 0 Å². The first kappa shape index (κ1) is 22.2. The number of carbonyl (C=O) groups is 2. The molecule has 0 saturated carbocycles. The second-order valence-corrected chi connectivity index (χ2v) is 9.93. The maximum atomic E-state index is 11.7. The SMILES string of the molecule is CN1CCC=C(c2nsnc2SCCCCC2(Sc3nnnn3C)OC(=O)C(=O)O2)C1. The average molecular weight is 484 g/mol. The van der Waals surface area contributed by atoms with Crippen molar-refractivity contribution in [2.45, 2.75) is 41.0 Å². The number of carbonyl (C=O) groups excluding carboxylic acids is 2. The van der Waals surface area contributed by atoms with Gasteiger partial charge in [-0.2, -0.15) is 8.75 Å². The van der Waals surface area contributed by atoms with Crippen LogP contribution in [0.1, 0.15) is 31.4 Å². The Morgan fingerprint density at radius 1 is 1.19 bits per heavy atom. The average Bonchev–Trinajstić information content (AvgIpc) is 3.43. The molecule has 1 saturated heterocycles. The highest BCUT2D eigenvalue weighted by Gasteiger charge is 2.50. The number of tetrazole rings is 1. The standard InChI is InChI=1S/C17H21N7O4S3/c1-23-8-5-6-11(10-23)12-13(20-31-19-12)29-9-4-3-7-17(27-14(25)15(26)28-17)30-16-18-21-22-24(16)2/h6H,3-5,7-10H2,1-2H3. The molecule has 0 aliphatic carbocycles. The summed E-state index contributed by atoms with van der Waals surface area (Å²) in [4.78, 5) is 25.6. The van der Waals surface area contributed by atoms with Crippen LogP contribution < -0.4 is 0 Å². The lowest BCUT2D eigenvalue weighted by Crippen LogP contribution is -2.27. The molecule has 2 aliphatic heterocycles. The van der Waals surface area contributed by atoms with Crippen molar-refractivity contribution in [2.75, 3.05) is 25.9 Å². The number of aryl methyl sites for hydroxylation is 1. The van der Waals surface area contributed by atoms with Gasteiger partial charge >= 0.3 is 17.1 Å². The van der Waals surface area contributed by atoms with Gasteiger partial charge in [0.1, 0.15) is 10.7 Å². The fourth-order valence-corrected chi connectivity index (χ4v) is 5.89. The zero-order valence-electron chi connectivity index (χ0n) is 17.0. The van der Waals surface area contributed by atoms with E-state index in [1.807, 2.05) is 0 Å². The maximum Gasteiger partial charge on any atom is 0.421 e. The van der Waals surface area contributed by atoms with Gasteiger partial charge in [-0.05, 0) is 48.1 Å². The van der Waals surface area contributed by atoms with Gasteiger partial charge in [0.05, 0.1) is 11.7 Å². The Bertz CT molecular complexity index is 976. The largest absolute Gasteiger partial charge is 0.421 e. The lowest BCUT2D eigenvalue weighted by molar-refractivity contribution is -0.150. The van der Waals surface area contributed by atoms with Crippen LogP contribution in [-0.4, -0.2) is 76.8 Å². The van der Waals surface area contributed by atoms with Crippen LogP contribution in [0.5, 0.6) is 0 Å². The van der Waals surface area contributed by atoms with Crippen LogP contribution in [0.2, 0.25) is 0 Å². The van der Waals surface area contributed by atoms with Crippen molar-refractivity contribution >= 4 is 52.8 Å². The van der Waals surface area contributed by atoms with Crippen molar-refractivity contribution in [3.8, 4) is 0 Å². The molecule has 2 aliphatic rings. The third-order valence-corrected chi connectivity index (χ3v) is 7.62. The second-order valence-electron chi connectivity index (χ2n) is 7.13. The molecule has 0 unspecified atom stereocenters. The van der Waals surface area contributed by atoms with Crippen LogP contribution in [0.4, 0.5) is 0 Å². The predicted molar refractivity (Wildman–Crippen MR) is 114 cm³/mol. The summed E-state index contributed by atoms with van der Waals surface area (Å²) >= 11 is 3.90. The van der Waals surface area contributed by atoms with Crippen molar-refractivity contribution in [3.05, 3.63) is 11.8 Å². The number of hydrogen-bond donors (Lipinski definition) is 0. The molecule has 14 heteroatoms. The summed E-state index contributed by atoms with van der Waals surface area (Å²) in [7, 11) is 3.76. The van der Waals surface area contributed by atoms with E-state index in [0.29, 0.717) is 18.0 Å². The molecule has 0 bridgehead atoms. The van der Waals surface area contributed by atoms with Gasteiger partial charge in [0.2, 0.25) is 5.16 Å². The van der Waals surface area contributed by atoms with Crippen LogP contribution in [-0.2, 0) is 26.1 Å². The third-order valence-electron chi connectivity index (χ3n) is 4.71. The molecular formula is C17H21N7O4S3. The van der Waals surface area contributed by atoms with E-state index < -0.39 is 17.1 Å². The van der Waals surface area contributed by atoms with Gasteiger partial charge in [-0.15, -0.1) is 16.9 Å². The summed E-state index contributed by atoms with van der Waals surface area (Å²) in [5, 5.41) is 11.1. The van der Waals surface area contributed by atoms with Crippen molar-refractivity contribution in [1.82, 2.24) is 33.9 Å². The molecule has 0 aromatic carbocycles. The number of cyclic esters (lactones) is 2. The van der Waals surface area contributed by atoms with Crippen LogP contribution in [0, 0.1) is 0 Å². The monoisotopic (exact) mass is 483 g/mol. The molecule has 0 radical (unpaired) electrons. The first-order chi connectivity index (χ1) is 15.0. The molecule has 2 aromatic rings. The van der Waals surface area contributed by atoms with E-state index in [9.17, 15) is 9.59 Å². The minimum Gasteiger partial charge on any atom is -0.404 e. The van der Waals surface area contributed by atoms with E-state index in [4.69, 9.17) is 9.47 Å². The minimum absolute atomic E-state index is 0.334. The smallest absolute Gasteiger partial charge is 0.404 e. The summed E-state index contributed by atoms with van der Waals surface area (Å²) in [6, 6.07) is 0. The van der Waals surface area contributed by atoms with Crippen LogP contribution in [0.3, 0.4) is 0 Å². The zero-order valence-corrected chi connectivity index (χ0v) is 19.5. The fraction of sp³-hybridized carbons (Fsp3) is 0.588. The summed E-state index contributed by atoms with van der Waals surface area (Å²) in [5.41, 5.74) is 2.20. The summed E-state index contributed by atoms with van der Waals surface area (Å²) in [5.74, 6) is -1.18. The molecule has 0 atom stereocenters. The van der Waals surface area contributed by atoms with Gasteiger partial charge in [-0.25, -0.2) is 14.3 Å². The lowest BCUT2D eigenvalue weighted by Gasteiger charge is -2.23. The van der Waals surface area contributed by atoms with Crippen LogP contribution in [0.25, 0.3) is 5.57 Å². The van der Waals surface area contributed by atoms with E-state index >= 15 is 0 Å². The Labute approximate surface area is 191 Å². The highest BCUT2D eigenvalue weighted by Crippen LogP contribution is 2.41. The van der Waals surface area contributed by atoms with E-state index in [1.54, 1.807) is 18.8 Å². The number of unbranched alkanes of at least 4 members (excludes halogenated alkanes) is 1. The van der Waals surface area contributed by atoms with Crippen LogP contribution in [0.15, 0.2) is 16.3 Å². The van der Waals surface area contributed by atoms with E-state index in [-0.39, 0.29) is 0 Å². The van der Waals surface area contributed by atoms with Crippen molar-refractivity contribution in [2.24, 2.45) is 7.05 Å². The number of thioether (sulfide) groups is 2. The Balaban J connectivity index is 1.31. The number of ether oxygens (including phenoxy) is 2. The molecule has 0 amide bonds. The number of hydrogen-bond acceptors (Lipinski definition) is 13. The topological polar surface area (TPSA) is 125 Å². The minimum atomic E-state index is -1.44. The number of esters is 2. The number of nitrogens with zero attached hydrogens (tertiary/aromatic N) is 7. The zero-order chi connectivity index (χ0) is 21.8. The van der Waals surface area contributed by atoms with Gasteiger partial charge in [0, 0.05) is 38.3 Å². The first-order valence-corrected chi connectivity index (χ1v) is 12.2. The molecule has 1 fully saturated rings. The first-order valence-electron chi connectivity index (χ1n) is 9.67. The summed E-state index contributed by atoms with van der Waals surface area (Å²) in [6.45, 7) is 1.94. The quantitative estimate of drug-likeness (QED) is 0.222. The second kappa shape index (κ2) is 9.63. The van der Waals surface area contributed by atoms with Crippen molar-refractivity contribution in [1.29, 1.82) is 0 Å². The molecule has 166 valence electrons. The Hall–Kier alpha value is -2.03. The molecule has 11 nitrogen and oxygen atoms in total. The van der Waals surface area contributed by atoms with Gasteiger partial charge in [0.25, 0.3) is 0 Å². The Kier molecular flexibility index (Phi) is 6.89. The van der Waals surface area contributed by atoms with Gasteiger partial charge in [-0.3, -0.25) is 0 Å². The fourth-order valence-electron chi connectivity index (χ4n) is 3.18. The number of rotatable bonds is 9. The molecule has 31 heavy (non-hydrogen) atoms. The lowest BCUT2D eigenvalue weighted by atomic mass is 10.1. The van der Waals surface area contributed by atoms with E-state index in [0.717, 1.165) is 54.2 Å². The number of likely N-dealkylation sites (N-methyl/N-ethyl adjacent to an activating group) is 1. The molecule has 4 rings (SSSR count). The van der Waals surface area contributed by atoms with Crippen molar-refractivity contribution < 1.29 is 19.1 Å². The van der Waals surface area contributed by atoms with Gasteiger partial charge in [0.15, 0.2) is 0 Å². The van der Waals surface area contributed by atoms with E-state index in [1.165, 1.54) is 22.0 Å². The highest BCUT2D eigenvalue weighted by atomic mass is 32.2. The molecule has 0 N–H and O–H groups in total. The normalized spacial score (nSPS) is 18.7. The molecule has 4 heterocycles. The third kappa shape index (κ3) is 5.25. The molecule has 0 spiro atoms. The van der Waals surface area contributed by atoms with E-state index in [2.05, 4.69) is 42.3 Å². The van der Waals surface area contributed by atoms with Gasteiger partial charge in [-0.1, -0.05) is 6.08 Å². The number of aromatic nitrogens is 6. The Morgan fingerprint density at radius 3 is 2.71 bits per heavy atom. The Morgan fingerprint density at radius 2 is 2.00 bits per heavy atom.